The largest absolute Gasteiger partial charge is 0.375 e. The molecule has 1 aromatic heterocycles. The van der Waals surface area contributed by atoms with E-state index in [2.05, 4.69) is 32.8 Å². The fourth-order valence-corrected chi connectivity index (χ4v) is 5.44. The zero-order valence-electron chi connectivity index (χ0n) is 11.0. The molecule has 2 aliphatic rings. The van der Waals surface area contributed by atoms with Gasteiger partial charge in [0.15, 0.2) is 0 Å². The molecule has 0 bridgehead atoms. The Morgan fingerprint density at radius 3 is 2.89 bits per heavy atom. The summed E-state index contributed by atoms with van der Waals surface area (Å²) in [6.45, 7) is 0.881. The van der Waals surface area contributed by atoms with E-state index in [9.17, 15) is 0 Å². The van der Waals surface area contributed by atoms with Crippen LogP contribution in [0.5, 0.6) is 0 Å². The predicted octanol–water partition coefficient (Wildman–Crippen LogP) is 3.75. The molecule has 3 N–H and O–H groups in total. The van der Waals surface area contributed by atoms with Crippen molar-refractivity contribution in [2.75, 3.05) is 6.61 Å². The Morgan fingerprint density at radius 1 is 1.47 bits per heavy atom. The maximum atomic E-state index is 6.12. The van der Waals surface area contributed by atoms with Crippen LogP contribution in [0, 0.1) is 5.92 Å². The van der Waals surface area contributed by atoms with E-state index in [0.29, 0.717) is 5.92 Å². The standard InChI is InChI=1S/C14H21BrN2OS/c15-11-4-8-19-13(11)12(17-16)10-3-7-18-14(9-10)5-1-2-6-14/h4,8,10,12,17H,1-3,5-7,9,16H2. The molecule has 106 valence electrons. The van der Waals surface area contributed by atoms with Crippen LogP contribution in [0.2, 0.25) is 0 Å². The SMILES string of the molecule is NNC(c1sccc1Br)C1CCOC2(CCCC2)C1. The van der Waals surface area contributed by atoms with Gasteiger partial charge in [0, 0.05) is 16.0 Å². The first-order chi connectivity index (χ1) is 9.24. The second kappa shape index (κ2) is 5.82. The zero-order chi connectivity index (χ0) is 13.3. The van der Waals surface area contributed by atoms with Gasteiger partial charge in [0.2, 0.25) is 0 Å². The van der Waals surface area contributed by atoms with Gasteiger partial charge in [-0.3, -0.25) is 11.3 Å². The number of ether oxygens (including phenoxy) is 1. The summed E-state index contributed by atoms with van der Waals surface area (Å²) in [5, 5.41) is 2.12. The van der Waals surface area contributed by atoms with Crippen LogP contribution in [-0.4, -0.2) is 12.2 Å². The lowest BCUT2D eigenvalue weighted by Crippen LogP contribution is -2.43. The number of nitrogens with two attached hydrogens (primary N) is 1. The molecule has 5 heteroatoms. The van der Waals surface area contributed by atoms with Crippen molar-refractivity contribution in [1.29, 1.82) is 0 Å². The molecule has 19 heavy (non-hydrogen) atoms. The summed E-state index contributed by atoms with van der Waals surface area (Å²) in [5.74, 6) is 6.42. The van der Waals surface area contributed by atoms with Crippen molar-refractivity contribution < 1.29 is 4.74 Å². The molecule has 1 saturated carbocycles. The molecule has 1 aromatic rings. The van der Waals surface area contributed by atoms with Gasteiger partial charge in [-0.15, -0.1) is 11.3 Å². The van der Waals surface area contributed by atoms with Crippen LogP contribution in [0.4, 0.5) is 0 Å². The first-order valence-corrected chi connectivity index (χ1v) is 8.74. The molecule has 1 aliphatic heterocycles. The van der Waals surface area contributed by atoms with E-state index < -0.39 is 0 Å². The minimum absolute atomic E-state index is 0.155. The van der Waals surface area contributed by atoms with Gasteiger partial charge in [0.1, 0.15) is 0 Å². The van der Waals surface area contributed by atoms with E-state index >= 15 is 0 Å². The first kappa shape index (κ1) is 14.0. The summed E-state index contributed by atoms with van der Waals surface area (Å²) in [6.07, 6.45) is 7.33. The van der Waals surface area contributed by atoms with Gasteiger partial charge < -0.3 is 4.74 Å². The number of nitrogens with one attached hydrogen (secondary N) is 1. The molecule has 1 saturated heterocycles. The van der Waals surface area contributed by atoms with Crippen LogP contribution in [0.15, 0.2) is 15.9 Å². The van der Waals surface area contributed by atoms with Crippen LogP contribution in [0.1, 0.15) is 49.4 Å². The van der Waals surface area contributed by atoms with E-state index in [0.717, 1.165) is 19.4 Å². The van der Waals surface area contributed by atoms with Crippen molar-refractivity contribution in [3.63, 3.8) is 0 Å². The minimum atomic E-state index is 0.155. The number of halogens is 1. The molecule has 3 nitrogen and oxygen atoms in total. The van der Waals surface area contributed by atoms with Crippen LogP contribution in [0.25, 0.3) is 0 Å². The highest BCUT2D eigenvalue weighted by Gasteiger charge is 2.42. The molecule has 0 radical (unpaired) electrons. The van der Waals surface area contributed by atoms with E-state index in [4.69, 9.17) is 10.6 Å². The highest BCUT2D eigenvalue weighted by Crippen LogP contribution is 2.46. The van der Waals surface area contributed by atoms with Gasteiger partial charge >= 0.3 is 0 Å². The Kier molecular flexibility index (Phi) is 4.29. The van der Waals surface area contributed by atoms with Gasteiger partial charge in [0.25, 0.3) is 0 Å². The molecular weight excluding hydrogens is 324 g/mol. The minimum Gasteiger partial charge on any atom is -0.375 e. The van der Waals surface area contributed by atoms with Crippen molar-refractivity contribution in [3.8, 4) is 0 Å². The third kappa shape index (κ3) is 2.76. The monoisotopic (exact) mass is 344 g/mol. The van der Waals surface area contributed by atoms with E-state index in [1.165, 1.54) is 35.0 Å². The average molecular weight is 345 g/mol. The lowest BCUT2D eigenvalue weighted by molar-refractivity contribution is -0.0980. The number of thiophene rings is 1. The lowest BCUT2D eigenvalue weighted by atomic mass is 9.80. The number of hydrogen-bond donors (Lipinski definition) is 2. The molecule has 2 fully saturated rings. The maximum Gasteiger partial charge on any atom is 0.0686 e. The van der Waals surface area contributed by atoms with Gasteiger partial charge in [-0.25, -0.2) is 0 Å². The Hall–Kier alpha value is 0.0600. The van der Waals surface area contributed by atoms with Crippen molar-refractivity contribution in [2.24, 2.45) is 11.8 Å². The Balaban J connectivity index is 1.78. The van der Waals surface area contributed by atoms with E-state index in [1.807, 2.05) is 0 Å². The van der Waals surface area contributed by atoms with Crippen molar-refractivity contribution >= 4 is 27.3 Å². The fraction of sp³-hybridized carbons (Fsp3) is 0.714. The molecule has 1 spiro atoms. The van der Waals surface area contributed by atoms with Crippen LogP contribution in [0.3, 0.4) is 0 Å². The van der Waals surface area contributed by atoms with Gasteiger partial charge in [-0.1, -0.05) is 12.8 Å². The van der Waals surface area contributed by atoms with Gasteiger partial charge in [-0.05, 0) is 59.0 Å². The molecule has 1 aliphatic carbocycles. The van der Waals surface area contributed by atoms with Gasteiger partial charge in [-0.2, -0.15) is 0 Å². The van der Waals surface area contributed by atoms with Crippen molar-refractivity contribution in [1.82, 2.24) is 5.43 Å². The van der Waals surface area contributed by atoms with Gasteiger partial charge in [0.05, 0.1) is 11.6 Å². The fourth-order valence-electron chi connectivity index (χ4n) is 3.67. The summed E-state index contributed by atoms with van der Waals surface area (Å²) in [4.78, 5) is 1.32. The summed E-state index contributed by atoms with van der Waals surface area (Å²) in [5.41, 5.74) is 3.20. The highest BCUT2D eigenvalue weighted by atomic mass is 79.9. The van der Waals surface area contributed by atoms with Crippen molar-refractivity contribution in [2.45, 2.75) is 50.2 Å². The van der Waals surface area contributed by atoms with Crippen LogP contribution < -0.4 is 11.3 Å². The molecule has 0 amide bonds. The number of hydrogen-bond acceptors (Lipinski definition) is 4. The summed E-state index contributed by atoms with van der Waals surface area (Å²) in [7, 11) is 0. The van der Waals surface area contributed by atoms with Crippen LogP contribution >= 0.6 is 27.3 Å². The summed E-state index contributed by atoms with van der Waals surface area (Å²) >= 11 is 5.41. The zero-order valence-corrected chi connectivity index (χ0v) is 13.4. The van der Waals surface area contributed by atoms with Crippen LogP contribution in [-0.2, 0) is 4.74 Å². The molecule has 0 aromatic carbocycles. The Morgan fingerprint density at radius 2 is 2.26 bits per heavy atom. The maximum absolute atomic E-state index is 6.12. The molecule has 3 rings (SSSR count). The summed E-state index contributed by atoms with van der Waals surface area (Å²) in [6, 6.07) is 2.35. The third-order valence-electron chi connectivity index (χ3n) is 4.62. The Labute approximate surface area is 127 Å². The van der Waals surface area contributed by atoms with E-state index in [-0.39, 0.29) is 11.6 Å². The summed E-state index contributed by atoms with van der Waals surface area (Å²) < 4.78 is 7.30. The molecular formula is C14H21BrN2OS. The predicted molar refractivity (Wildman–Crippen MR) is 82.0 cm³/mol. The second-order valence-electron chi connectivity index (χ2n) is 5.77. The van der Waals surface area contributed by atoms with E-state index in [1.54, 1.807) is 11.3 Å². The number of hydrazine groups is 1. The number of rotatable bonds is 3. The quantitative estimate of drug-likeness (QED) is 0.648. The van der Waals surface area contributed by atoms with Crippen molar-refractivity contribution in [3.05, 3.63) is 20.8 Å². The normalized spacial score (nSPS) is 27.8. The molecule has 2 unspecified atom stereocenters. The topological polar surface area (TPSA) is 47.3 Å². The Bertz CT molecular complexity index is 431. The third-order valence-corrected chi connectivity index (χ3v) is 6.58. The molecule has 2 atom stereocenters. The average Bonchev–Trinajstić information content (AvgIpc) is 3.02. The highest BCUT2D eigenvalue weighted by molar-refractivity contribution is 9.10. The second-order valence-corrected chi connectivity index (χ2v) is 7.57. The lowest BCUT2D eigenvalue weighted by Gasteiger charge is -2.41. The molecule has 2 heterocycles. The first-order valence-electron chi connectivity index (χ1n) is 7.07. The smallest absolute Gasteiger partial charge is 0.0686 e.